The van der Waals surface area contributed by atoms with E-state index in [1.807, 2.05) is 6.07 Å². The molecular weight excluding hydrogens is 184 g/mol. The van der Waals surface area contributed by atoms with Gasteiger partial charge in [-0.15, -0.1) is 0 Å². The van der Waals surface area contributed by atoms with Crippen molar-refractivity contribution in [1.29, 1.82) is 0 Å². The highest BCUT2D eigenvalue weighted by molar-refractivity contribution is 5.16. The fourth-order valence-corrected chi connectivity index (χ4v) is 1.70. The summed E-state index contributed by atoms with van der Waals surface area (Å²) >= 11 is 0. The molecule has 1 atom stereocenters. The van der Waals surface area contributed by atoms with Crippen molar-refractivity contribution in [3.05, 3.63) is 35.9 Å². The maximum absolute atomic E-state index is 5.82. The van der Waals surface area contributed by atoms with Gasteiger partial charge in [0.25, 0.3) is 0 Å². The first kappa shape index (κ1) is 12.2. The molecule has 0 aliphatic carbocycles. The van der Waals surface area contributed by atoms with Crippen LogP contribution in [0, 0.1) is 0 Å². The standard InChI is InChI=1S/C13H22N2/c1-11(2)15(3)13(10-14)9-12-7-5-4-6-8-12/h4-8,11,13H,9-10,14H2,1-3H3. The lowest BCUT2D eigenvalue weighted by Crippen LogP contribution is -2.43. The second-order valence-corrected chi connectivity index (χ2v) is 4.34. The molecule has 0 saturated carbocycles. The summed E-state index contributed by atoms with van der Waals surface area (Å²) in [6.07, 6.45) is 1.03. The minimum atomic E-state index is 0.437. The van der Waals surface area contributed by atoms with Crippen molar-refractivity contribution in [2.45, 2.75) is 32.4 Å². The minimum absolute atomic E-state index is 0.437. The van der Waals surface area contributed by atoms with Gasteiger partial charge in [0.05, 0.1) is 0 Å². The SMILES string of the molecule is CC(C)N(C)C(CN)Cc1ccccc1. The predicted octanol–water partition coefficient (Wildman–Crippen LogP) is 1.90. The van der Waals surface area contributed by atoms with Gasteiger partial charge in [0.1, 0.15) is 0 Å². The molecule has 0 saturated heterocycles. The zero-order chi connectivity index (χ0) is 11.3. The van der Waals surface area contributed by atoms with Gasteiger partial charge in [-0.3, -0.25) is 4.90 Å². The van der Waals surface area contributed by atoms with E-state index in [9.17, 15) is 0 Å². The van der Waals surface area contributed by atoms with Gasteiger partial charge in [0.2, 0.25) is 0 Å². The molecule has 0 aromatic heterocycles. The summed E-state index contributed by atoms with van der Waals surface area (Å²) in [6.45, 7) is 5.12. The molecule has 1 aromatic carbocycles. The Labute approximate surface area is 93.1 Å². The molecule has 0 amide bonds. The molecule has 84 valence electrons. The predicted molar refractivity (Wildman–Crippen MR) is 65.9 cm³/mol. The quantitative estimate of drug-likeness (QED) is 0.797. The van der Waals surface area contributed by atoms with Gasteiger partial charge in [0, 0.05) is 18.6 Å². The number of benzene rings is 1. The second-order valence-electron chi connectivity index (χ2n) is 4.34. The number of nitrogens with two attached hydrogens (primary N) is 1. The smallest absolute Gasteiger partial charge is 0.0258 e. The van der Waals surface area contributed by atoms with Gasteiger partial charge in [-0.1, -0.05) is 30.3 Å². The summed E-state index contributed by atoms with van der Waals surface area (Å²) < 4.78 is 0. The Bertz CT molecular complexity index is 269. The Morgan fingerprint density at radius 3 is 2.27 bits per heavy atom. The Hall–Kier alpha value is -0.860. The van der Waals surface area contributed by atoms with Gasteiger partial charge in [-0.25, -0.2) is 0 Å². The van der Waals surface area contributed by atoms with Crippen LogP contribution in [0.3, 0.4) is 0 Å². The molecule has 1 aromatic rings. The van der Waals surface area contributed by atoms with Gasteiger partial charge in [-0.05, 0) is 32.9 Å². The van der Waals surface area contributed by atoms with Crippen molar-refractivity contribution in [3.8, 4) is 0 Å². The van der Waals surface area contributed by atoms with Crippen LogP contribution in [-0.4, -0.2) is 30.6 Å². The lowest BCUT2D eigenvalue weighted by Gasteiger charge is -2.30. The average Bonchev–Trinajstić information content (AvgIpc) is 2.26. The van der Waals surface area contributed by atoms with Crippen molar-refractivity contribution in [2.75, 3.05) is 13.6 Å². The Morgan fingerprint density at radius 2 is 1.80 bits per heavy atom. The first-order valence-electron chi connectivity index (χ1n) is 5.61. The molecule has 1 rings (SSSR count). The number of hydrogen-bond acceptors (Lipinski definition) is 2. The van der Waals surface area contributed by atoms with E-state index in [2.05, 4.69) is 50.1 Å². The Kier molecular flexibility index (Phi) is 4.79. The van der Waals surface area contributed by atoms with E-state index in [1.165, 1.54) is 5.56 Å². The largest absolute Gasteiger partial charge is 0.329 e. The number of nitrogens with zero attached hydrogens (tertiary/aromatic N) is 1. The van der Waals surface area contributed by atoms with Crippen LogP contribution in [0.1, 0.15) is 19.4 Å². The minimum Gasteiger partial charge on any atom is -0.329 e. The van der Waals surface area contributed by atoms with E-state index in [1.54, 1.807) is 0 Å². The molecule has 1 unspecified atom stereocenters. The van der Waals surface area contributed by atoms with Crippen molar-refractivity contribution in [1.82, 2.24) is 4.90 Å². The van der Waals surface area contributed by atoms with Crippen LogP contribution in [0.2, 0.25) is 0 Å². The molecule has 0 fully saturated rings. The first-order valence-corrected chi connectivity index (χ1v) is 5.61. The van der Waals surface area contributed by atoms with Gasteiger partial charge < -0.3 is 5.73 Å². The van der Waals surface area contributed by atoms with E-state index in [0.29, 0.717) is 18.6 Å². The highest BCUT2D eigenvalue weighted by Gasteiger charge is 2.15. The maximum Gasteiger partial charge on any atom is 0.0258 e. The van der Waals surface area contributed by atoms with Crippen LogP contribution in [0.15, 0.2) is 30.3 Å². The fraction of sp³-hybridized carbons (Fsp3) is 0.538. The number of rotatable bonds is 5. The van der Waals surface area contributed by atoms with Crippen molar-refractivity contribution in [2.24, 2.45) is 5.73 Å². The van der Waals surface area contributed by atoms with Gasteiger partial charge in [-0.2, -0.15) is 0 Å². The maximum atomic E-state index is 5.82. The fourth-order valence-electron chi connectivity index (χ4n) is 1.70. The van der Waals surface area contributed by atoms with Crippen LogP contribution in [0.4, 0.5) is 0 Å². The molecule has 0 heterocycles. The molecule has 0 bridgehead atoms. The summed E-state index contributed by atoms with van der Waals surface area (Å²) in [5.74, 6) is 0. The van der Waals surface area contributed by atoms with Crippen LogP contribution < -0.4 is 5.73 Å². The monoisotopic (exact) mass is 206 g/mol. The van der Waals surface area contributed by atoms with E-state index >= 15 is 0 Å². The first-order chi connectivity index (χ1) is 7.15. The topological polar surface area (TPSA) is 29.3 Å². The summed E-state index contributed by atoms with van der Waals surface area (Å²) in [4.78, 5) is 2.34. The van der Waals surface area contributed by atoms with E-state index < -0.39 is 0 Å². The third kappa shape index (κ3) is 3.65. The van der Waals surface area contributed by atoms with Crippen molar-refractivity contribution in [3.63, 3.8) is 0 Å². The van der Waals surface area contributed by atoms with Gasteiger partial charge >= 0.3 is 0 Å². The highest BCUT2D eigenvalue weighted by atomic mass is 15.2. The Balaban J connectivity index is 2.62. The normalized spacial score (nSPS) is 13.5. The lowest BCUT2D eigenvalue weighted by molar-refractivity contribution is 0.198. The highest BCUT2D eigenvalue weighted by Crippen LogP contribution is 2.09. The van der Waals surface area contributed by atoms with Crippen molar-refractivity contribution >= 4 is 0 Å². The lowest BCUT2D eigenvalue weighted by atomic mass is 10.0. The summed E-state index contributed by atoms with van der Waals surface area (Å²) in [5.41, 5.74) is 7.18. The number of hydrogen-bond donors (Lipinski definition) is 1. The van der Waals surface area contributed by atoms with Crippen LogP contribution in [0.25, 0.3) is 0 Å². The molecule has 0 aliphatic heterocycles. The molecule has 2 N–H and O–H groups in total. The molecule has 2 nitrogen and oxygen atoms in total. The van der Waals surface area contributed by atoms with Gasteiger partial charge in [0.15, 0.2) is 0 Å². The van der Waals surface area contributed by atoms with Crippen LogP contribution >= 0.6 is 0 Å². The summed E-state index contributed by atoms with van der Waals surface area (Å²) in [7, 11) is 2.14. The second kappa shape index (κ2) is 5.89. The third-order valence-electron chi connectivity index (χ3n) is 2.98. The summed E-state index contributed by atoms with van der Waals surface area (Å²) in [5, 5.41) is 0. The van der Waals surface area contributed by atoms with Crippen molar-refractivity contribution < 1.29 is 0 Å². The van der Waals surface area contributed by atoms with Crippen LogP contribution in [0.5, 0.6) is 0 Å². The van der Waals surface area contributed by atoms with Crippen LogP contribution in [-0.2, 0) is 6.42 Å². The summed E-state index contributed by atoms with van der Waals surface area (Å²) in [6, 6.07) is 11.5. The zero-order valence-corrected chi connectivity index (χ0v) is 9.98. The molecule has 15 heavy (non-hydrogen) atoms. The molecule has 2 heteroatoms. The molecule has 0 radical (unpaired) electrons. The van der Waals surface area contributed by atoms with E-state index in [0.717, 1.165) is 6.42 Å². The molecule has 0 spiro atoms. The van der Waals surface area contributed by atoms with E-state index in [4.69, 9.17) is 5.73 Å². The average molecular weight is 206 g/mol. The Morgan fingerprint density at radius 1 is 1.20 bits per heavy atom. The van der Waals surface area contributed by atoms with E-state index in [-0.39, 0.29) is 0 Å². The number of likely N-dealkylation sites (N-methyl/N-ethyl adjacent to an activating group) is 1. The zero-order valence-electron chi connectivity index (χ0n) is 9.98. The molecular formula is C13H22N2. The molecule has 0 aliphatic rings. The third-order valence-corrected chi connectivity index (χ3v) is 2.98.